The number of nitro benzene ring substituents is 1. The number of hydrogen-bond acceptors (Lipinski definition) is 7. The number of carbonyl (C=O) groups excluding carboxylic acids is 1. The fourth-order valence-electron chi connectivity index (χ4n) is 2.84. The summed E-state index contributed by atoms with van der Waals surface area (Å²) in [4.78, 5) is 22.4. The molecular formula is C18H27N2O7P. The fourth-order valence-corrected chi connectivity index (χ4v) is 4.58. The molecule has 28 heavy (non-hydrogen) atoms. The Morgan fingerprint density at radius 3 is 2.32 bits per heavy atom. The highest BCUT2D eigenvalue weighted by Gasteiger charge is 2.35. The minimum atomic E-state index is -3.92. The van der Waals surface area contributed by atoms with E-state index in [0.29, 0.717) is 0 Å². The molecule has 0 bridgehead atoms. The summed E-state index contributed by atoms with van der Waals surface area (Å²) in [5.41, 5.74) is -0.114. The summed E-state index contributed by atoms with van der Waals surface area (Å²) in [7, 11) is -3.92. The first-order valence-corrected chi connectivity index (χ1v) is 10.9. The van der Waals surface area contributed by atoms with Gasteiger partial charge in [-0.3, -0.25) is 19.4 Å². The quantitative estimate of drug-likeness (QED) is 0.274. The minimum Gasteiger partial charge on any atom is -0.462 e. The lowest BCUT2D eigenvalue weighted by atomic mass is 9.98. The first kappa shape index (κ1) is 22.3. The van der Waals surface area contributed by atoms with Gasteiger partial charge >= 0.3 is 13.7 Å². The van der Waals surface area contributed by atoms with Crippen LogP contribution in [-0.2, 0) is 18.6 Å². The van der Waals surface area contributed by atoms with E-state index in [1.807, 2.05) is 0 Å². The molecule has 2 unspecified atom stereocenters. The number of ether oxygens (including phenoxy) is 1. The van der Waals surface area contributed by atoms with Crippen LogP contribution in [0.15, 0.2) is 24.3 Å². The molecule has 1 aromatic carbocycles. The molecule has 0 aliphatic heterocycles. The molecule has 0 radical (unpaired) electrons. The van der Waals surface area contributed by atoms with Crippen LogP contribution in [-0.4, -0.2) is 29.1 Å². The van der Waals surface area contributed by atoms with Crippen molar-refractivity contribution >= 4 is 19.4 Å². The van der Waals surface area contributed by atoms with Crippen LogP contribution in [0.5, 0.6) is 5.75 Å². The van der Waals surface area contributed by atoms with Crippen molar-refractivity contribution < 1.29 is 28.1 Å². The number of benzene rings is 1. The average Bonchev–Trinajstić information content (AvgIpc) is 2.62. The fraction of sp³-hybridized carbons (Fsp3) is 0.611. The van der Waals surface area contributed by atoms with E-state index < -0.39 is 24.7 Å². The first-order chi connectivity index (χ1) is 13.2. The van der Waals surface area contributed by atoms with E-state index in [4.69, 9.17) is 13.8 Å². The summed E-state index contributed by atoms with van der Waals surface area (Å²) in [6, 6.07) is 4.25. The molecule has 1 aliphatic rings. The topological polar surface area (TPSA) is 117 Å². The number of esters is 1. The van der Waals surface area contributed by atoms with E-state index in [9.17, 15) is 19.5 Å². The number of carbonyl (C=O) groups is 1. The zero-order valence-corrected chi connectivity index (χ0v) is 17.2. The normalized spacial score (nSPS) is 18.3. The summed E-state index contributed by atoms with van der Waals surface area (Å²) in [5, 5.41) is 13.4. The molecule has 1 aromatic rings. The molecule has 9 nitrogen and oxygen atoms in total. The molecule has 0 spiro atoms. The second-order valence-corrected chi connectivity index (χ2v) is 8.69. The maximum absolute atomic E-state index is 13.4. The van der Waals surface area contributed by atoms with E-state index in [1.54, 1.807) is 13.8 Å². The lowest BCUT2D eigenvalue weighted by Gasteiger charge is -2.29. The molecule has 1 N–H and O–H groups in total. The monoisotopic (exact) mass is 414 g/mol. The lowest BCUT2D eigenvalue weighted by molar-refractivity contribution is -0.384. The molecule has 156 valence electrons. The van der Waals surface area contributed by atoms with Crippen molar-refractivity contribution in [3.05, 3.63) is 34.4 Å². The molecule has 0 amide bonds. The highest BCUT2D eigenvalue weighted by Crippen LogP contribution is 2.48. The van der Waals surface area contributed by atoms with Gasteiger partial charge in [0.25, 0.3) is 5.69 Å². The zero-order chi connectivity index (χ0) is 20.7. The number of nitrogens with one attached hydrogen (secondary N) is 1. The van der Waals surface area contributed by atoms with Crippen molar-refractivity contribution in [1.29, 1.82) is 0 Å². The lowest BCUT2D eigenvalue weighted by Crippen LogP contribution is -2.37. The highest BCUT2D eigenvalue weighted by molar-refractivity contribution is 7.52. The van der Waals surface area contributed by atoms with Crippen LogP contribution in [0.2, 0.25) is 0 Å². The van der Waals surface area contributed by atoms with Crippen molar-refractivity contribution in [3.8, 4) is 5.75 Å². The Morgan fingerprint density at radius 2 is 1.79 bits per heavy atom. The smallest absolute Gasteiger partial charge is 0.459 e. The summed E-state index contributed by atoms with van der Waals surface area (Å²) in [5.74, 6) is -0.434. The van der Waals surface area contributed by atoms with Crippen LogP contribution < -0.4 is 9.61 Å². The maximum atomic E-state index is 13.4. The predicted molar refractivity (Wildman–Crippen MR) is 103 cm³/mol. The van der Waals surface area contributed by atoms with Crippen molar-refractivity contribution in [2.45, 2.75) is 71.1 Å². The molecule has 2 rings (SSSR count). The molecule has 1 saturated carbocycles. The van der Waals surface area contributed by atoms with Gasteiger partial charge in [-0.05, 0) is 45.7 Å². The largest absolute Gasteiger partial charge is 0.462 e. The van der Waals surface area contributed by atoms with Gasteiger partial charge in [-0.1, -0.05) is 19.3 Å². The van der Waals surface area contributed by atoms with Crippen molar-refractivity contribution in [2.24, 2.45) is 0 Å². The molecular weight excluding hydrogens is 387 g/mol. The van der Waals surface area contributed by atoms with E-state index in [2.05, 4.69) is 5.09 Å². The Labute approximate surface area is 164 Å². The zero-order valence-electron chi connectivity index (χ0n) is 16.3. The van der Waals surface area contributed by atoms with E-state index in [0.717, 1.165) is 32.1 Å². The third kappa shape index (κ3) is 6.89. The van der Waals surface area contributed by atoms with Crippen LogP contribution in [0.1, 0.15) is 52.9 Å². The summed E-state index contributed by atoms with van der Waals surface area (Å²) in [6.45, 7) is 4.95. The van der Waals surface area contributed by atoms with Crippen LogP contribution in [0.25, 0.3) is 0 Å². The second kappa shape index (κ2) is 10.0. The number of nitrogens with zero attached hydrogens (tertiary/aromatic N) is 1. The van der Waals surface area contributed by atoms with Gasteiger partial charge in [-0.15, -0.1) is 0 Å². The van der Waals surface area contributed by atoms with Crippen molar-refractivity contribution in [2.75, 3.05) is 0 Å². The van der Waals surface area contributed by atoms with Crippen molar-refractivity contribution in [3.63, 3.8) is 0 Å². The van der Waals surface area contributed by atoms with Gasteiger partial charge in [0.1, 0.15) is 11.8 Å². The summed E-state index contributed by atoms with van der Waals surface area (Å²) >= 11 is 0. The van der Waals surface area contributed by atoms with Crippen molar-refractivity contribution in [1.82, 2.24) is 5.09 Å². The summed E-state index contributed by atoms with van der Waals surface area (Å²) in [6.07, 6.45) is 3.96. The third-order valence-electron chi connectivity index (χ3n) is 4.17. The molecule has 0 saturated heterocycles. The van der Waals surface area contributed by atoms with Crippen LogP contribution in [0.4, 0.5) is 5.69 Å². The molecule has 10 heteroatoms. The Hall–Kier alpha value is -1.96. The van der Waals surface area contributed by atoms with Gasteiger partial charge in [0.05, 0.1) is 17.1 Å². The Kier molecular flexibility index (Phi) is 7.98. The molecule has 0 aromatic heterocycles. The van der Waals surface area contributed by atoms with Crippen LogP contribution in [0.3, 0.4) is 0 Å². The average molecular weight is 414 g/mol. The Bertz CT molecular complexity index is 717. The molecule has 2 atom stereocenters. The minimum absolute atomic E-state index is 0.114. The Balaban J connectivity index is 2.15. The number of rotatable bonds is 9. The van der Waals surface area contributed by atoms with Gasteiger partial charge in [0.15, 0.2) is 0 Å². The molecule has 0 heterocycles. The first-order valence-electron chi connectivity index (χ1n) is 9.39. The SMILES string of the molecule is CC(C)OC(=O)C(C)NP(=O)(Oc1ccc([N+](=O)[O-])cc1)OC1CCCCC1. The van der Waals surface area contributed by atoms with Crippen LogP contribution in [0, 0.1) is 10.1 Å². The number of hydrogen-bond donors (Lipinski definition) is 1. The molecule has 1 fully saturated rings. The predicted octanol–water partition coefficient (Wildman–Crippen LogP) is 4.36. The number of non-ortho nitro benzene ring substituents is 1. The van der Waals surface area contributed by atoms with E-state index >= 15 is 0 Å². The van der Waals surface area contributed by atoms with Gasteiger partial charge in [-0.2, -0.15) is 5.09 Å². The van der Waals surface area contributed by atoms with Gasteiger partial charge in [0.2, 0.25) is 0 Å². The highest BCUT2D eigenvalue weighted by atomic mass is 31.2. The molecule has 1 aliphatic carbocycles. The van der Waals surface area contributed by atoms with E-state index in [-0.39, 0.29) is 23.6 Å². The Morgan fingerprint density at radius 1 is 1.18 bits per heavy atom. The maximum Gasteiger partial charge on any atom is 0.459 e. The summed E-state index contributed by atoms with van der Waals surface area (Å²) < 4.78 is 29.8. The van der Waals surface area contributed by atoms with Crippen LogP contribution >= 0.6 is 7.75 Å². The standard InChI is InChI=1S/C18H27N2O7P/c1-13(2)25-18(21)14(3)19-28(24,26-16-7-5-4-6-8-16)27-17-11-9-15(10-12-17)20(22)23/h9-14,16H,4-8H2,1-3H3,(H,19,24). The van der Waals surface area contributed by atoms with E-state index in [1.165, 1.54) is 31.2 Å². The van der Waals surface area contributed by atoms with Gasteiger partial charge in [0, 0.05) is 12.1 Å². The van der Waals surface area contributed by atoms with Gasteiger partial charge < -0.3 is 9.26 Å². The second-order valence-electron chi connectivity index (χ2n) is 7.04. The number of nitro groups is 1. The van der Waals surface area contributed by atoms with Gasteiger partial charge in [-0.25, -0.2) is 4.57 Å². The third-order valence-corrected chi connectivity index (χ3v) is 5.90.